The molecule has 0 saturated carbocycles. The Morgan fingerprint density at radius 3 is 2.37 bits per heavy atom. The van der Waals surface area contributed by atoms with Crippen molar-refractivity contribution in [2.24, 2.45) is 0 Å². The van der Waals surface area contributed by atoms with Crippen molar-refractivity contribution in [1.82, 2.24) is 15.6 Å². The molecule has 0 radical (unpaired) electrons. The number of nitrogens with zero attached hydrogens (tertiary/aromatic N) is 1. The molecule has 0 bridgehead atoms. The zero-order valence-electron chi connectivity index (χ0n) is 23.9. The van der Waals surface area contributed by atoms with Crippen molar-refractivity contribution in [2.75, 3.05) is 20.3 Å². The van der Waals surface area contributed by atoms with E-state index in [1.807, 2.05) is 38.1 Å². The van der Waals surface area contributed by atoms with Gasteiger partial charge in [0.15, 0.2) is 0 Å². The van der Waals surface area contributed by atoms with Crippen LogP contribution >= 0.6 is 0 Å². The highest BCUT2D eigenvalue weighted by molar-refractivity contribution is 6.12. The molecule has 2 amide bonds. The van der Waals surface area contributed by atoms with E-state index in [1.165, 1.54) is 31.3 Å². The van der Waals surface area contributed by atoms with Gasteiger partial charge in [0.05, 0.1) is 29.9 Å². The molecule has 9 heteroatoms. The number of halogens is 2. The summed E-state index contributed by atoms with van der Waals surface area (Å²) in [6.45, 7) is 4.43. The Bertz CT molecular complexity index is 1860. The molecule has 0 aliphatic carbocycles. The molecule has 1 aliphatic rings. The molecule has 1 fully saturated rings. The molecule has 0 unspecified atom stereocenters. The molecule has 5 aromatic rings. The highest BCUT2D eigenvalue weighted by Crippen LogP contribution is 2.40. The first-order valence-electron chi connectivity index (χ1n) is 13.9. The third-order valence-electron chi connectivity index (χ3n) is 8.01. The maximum Gasteiger partial charge on any atom is 0.255 e. The number of amides is 2. The number of pyridine rings is 1. The zero-order chi connectivity index (χ0) is 30.3. The molecule has 3 aromatic carbocycles. The van der Waals surface area contributed by atoms with Crippen LogP contribution in [0.25, 0.3) is 33.4 Å². The molecular weight excluding hydrogens is 552 g/mol. The molecule has 43 heavy (non-hydrogen) atoms. The molecular formula is C34H29F2N3O4. The lowest BCUT2D eigenvalue weighted by molar-refractivity contribution is -0.0755. The summed E-state index contributed by atoms with van der Waals surface area (Å²) in [7, 11) is 1.45. The molecule has 0 atom stereocenters. The number of benzene rings is 3. The lowest BCUT2D eigenvalue weighted by Gasteiger charge is -2.41. The molecule has 2 N–H and O–H groups in total. The standard InChI is InChI=1S/C34H29F2N3O4/c1-4-20-15-22(32(40)39-34(17-42-18-34)27-7-5-6-14-38-27)16-25(19(20)2)24-12-13-26-28(30(24)36)29(33(41)37-3)31(43-26)21-8-10-23(35)11-9-21/h5-16H,4,17-18H2,1-3H3,(H,37,41)(H,39,40). The van der Waals surface area contributed by atoms with Crippen LogP contribution in [-0.2, 0) is 16.7 Å². The van der Waals surface area contributed by atoms with Gasteiger partial charge in [-0.05, 0) is 90.7 Å². The summed E-state index contributed by atoms with van der Waals surface area (Å²) in [6, 6.07) is 17.6. The topological polar surface area (TPSA) is 93.5 Å². The second kappa shape index (κ2) is 11.1. The van der Waals surface area contributed by atoms with Crippen LogP contribution in [0.2, 0.25) is 0 Å². The van der Waals surface area contributed by atoms with E-state index < -0.39 is 23.1 Å². The van der Waals surface area contributed by atoms with E-state index in [9.17, 15) is 14.0 Å². The number of nitrogens with one attached hydrogen (secondary N) is 2. The summed E-state index contributed by atoms with van der Waals surface area (Å²) in [5.41, 5.74) is 3.36. The minimum Gasteiger partial charge on any atom is -0.455 e. The number of carbonyl (C=O) groups is 2. The number of aryl methyl sites for hydroxylation is 1. The van der Waals surface area contributed by atoms with Crippen molar-refractivity contribution in [3.8, 4) is 22.5 Å². The van der Waals surface area contributed by atoms with Crippen LogP contribution in [0.1, 0.15) is 44.5 Å². The highest BCUT2D eigenvalue weighted by Gasteiger charge is 2.43. The fraction of sp³-hybridized carbons (Fsp3) is 0.206. The average Bonchev–Trinajstić information content (AvgIpc) is 3.40. The van der Waals surface area contributed by atoms with Crippen LogP contribution in [0.3, 0.4) is 0 Å². The number of rotatable bonds is 7. The maximum atomic E-state index is 16.6. The summed E-state index contributed by atoms with van der Waals surface area (Å²) in [4.78, 5) is 31.2. The number of fused-ring (bicyclic) bond motifs is 1. The van der Waals surface area contributed by atoms with E-state index in [0.29, 0.717) is 42.0 Å². The minimum atomic E-state index is -0.754. The van der Waals surface area contributed by atoms with E-state index in [2.05, 4.69) is 15.6 Å². The van der Waals surface area contributed by atoms with Crippen molar-refractivity contribution in [2.45, 2.75) is 25.8 Å². The van der Waals surface area contributed by atoms with Crippen LogP contribution in [0.4, 0.5) is 8.78 Å². The third-order valence-corrected chi connectivity index (χ3v) is 8.01. The monoisotopic (exact) mass is 581 g/mol. The number of hydrogen-bond acceptors (Lipinski definition) is 5. The first-order chi connectivity index (χ1) is 20.8. The van der Waals surface area contributed by atoms with Crippen LogP contribution in [-0.4, -0.2) is 37.1 Å². The second-order valence-corrected chi connectivity index (χ2v) is 10.6. The number of furan rings is 1. The normalized spacial score (nSPS) is 13.9. The van der Waals surface area contributed by atoms with E-state index >= 15 is 4.39 Å². The van der Waals surface area contributed by atoms with Gasteiger partial charge in [0.25, 0.3) is 11.8 Å². The molecule has 0 spiro atoms. The van der Waals surface area contributed by atoms with Crippen molar-refractivity contribution < 1.29 is 27.5 Å². The Kier molecular flexibility index (Phi) is 7.27. The fourth-order valence-corrected chi connectivity index (χ4v) is 5.58. The first kappa shape index (κ1) is 28.2. The van der Waals surface area contributed by atoms with E-state index in [0.717, 1.165) is 11.1 Å². The van der Waals surface area contributed by atoms with Gasteiger partial charge < -0.3 is 19.8 Å². The third kappa shape index (κ3) is 4.85. The SMILES string of the molecule is CCc1cc(C(=O)NC2(c3ccccn3)COC2)cc(-c2ccc3oc(-c4ccc(F)cc4)c(C(=O)NC)c3c2F)c1C. The fourth-order valence-electron chi connectivity index (χ4n) is 5.58. The lowest BCUT2D eigenvalue weighted by Crippen LogP contribution is -2.59. The van der Waals surface area contributed by atoms with Crippen molar-refractivity contribution in [3.05, 3.63) is 113 Å². The van der Waals surface area contributed by atoms with Crippen molar-refractivity contribution in [1.29, 1.82) is 0 Å². The Balaban J connectivity index is 1.47. The molecule has 3 heterocycles. The number of carbonyl (C=O) groups excluding carboxylic acids is 2. The van der Waals surface area contributed by atoms with Gasteiger partial charge >= 0.3 is 0 Å². The quantitative estimate of drug-likeness (QED) is 0.235. The summed E-state index contributed by atoms with van der Waals surface area (Å²) in [5.74, 6) is -1.85. The number of ether oxygens (including phenoxy) is 1. The highest BCUT2D eigenvalue weighted by atomic mass is 19.1. The molecule has 1 aliphatic heterocycles. The zero-order valence-corrected chi connectivity index (χ0v) is 23.9. The van der Waals surface area contributed by atoms with Crippen LogP contribution in [0, 0.1) is 18.6 Å². The Labute approximate surface area is 246 Å². The van der Waals surface area contributed by atoms with Gasteiger partial charge in [-0.15, -0.1) is 0 Å². The van der Waals surface area contributed by atoms with E-state index in [1.54, 1.807) is 24.4 Å². The van der Waals surface area contributed by atoms with Gasteiger partial charge in [0.2, 0.25) is 0 Å². The van der Waals surface area contributed by atoms with E-state index in [-0.39, 0.29) is 33.8 Å². The van der Waals surface area contributed by atoms with Crippen molar-refractivity contribution in [3.63, 3.8) is 0 Å². The summed E-state index contributed by atoms with van der Waals surface area (Å²) in [5, 5.41) is 5.66. The molecule has 218 valence electrons. The summed E-state index contributed by atoms with van der Waals surface area (Å²) < 4.78 is 41.6. The first-order valence-corrected chi connectivity index (χ1v) is 13.9. The molecule has 6 rings (SSSR count). The predicted molar refractivity (Wildman–Crippen MR) is 159 cm³/mol. The smallest absolute Gasteiger partial charge is 0.255 e. The molecule has 7 nitrogen and oxygen atoms in total. The molecule has 1 saturated heterocycles. The second-order valence-electron chi connectivity index (χ2n) is 10.6. The van der Waals surface area contributed by atoms with Crippen molar-refractivity contribution >= 4 is 22.8 Å². The predicted octanol–water partition coefficient (Wildman–Crippen LogP) is 6.33. The van der Waals surface area contributed by atoms with Gasteiger partial charge in [-0.2, -0.15) is 0 Å². The Morgan fingerprint density at radius 1 is 0.977 bits per heavy atom. The largest absolute Gasteiger partial charge is 0.455 e. The maximum absolute atomic E-state index is 16.6. The van der Waals surface area contributed by atoms with Gasteiger partial charge in [-0.1, -0.05) is 13.0 Å². The Hall–Kier alpha value is -4.89. The molecule has 2 aromatic heterocycles. The summed E-state index contributed by atoms with van der Waals surface area (Å²) in [6.07, 6.45) is 2.28. The summed E-state index contributed by atoms with van der Waals surface area (Å²) >= 11 is 0. The van der Waals surface area contributed by atoms with Crippen LogP contribution in [0.15, 0.2) is 77.3 Å². The van der Waals surface area contributed by atoms with Crippen LogP contribution < -0.4 is 10.6 Å². The minimum absolute atomic E-state index is 0.00389. The van der Waals surface area contributed by atoms with Gasteiger partial charge in [-0.3, -0.25) is 14.6 Å². The van der Waals surface area contributed by atoms with Gasteiger partial charge in [0, 0.05) is 29.9 Å². The lowest BCUT2D eigenvalue weighted by atomic mass is 9.89. The Morgan fingerprint density at radius 2 is 1.74 bits per heavy atom. The number of aromatic nitrogens is 1. The van der Waals surface area contributed by atoms with Crippen LogP contribution in [0.5, 0.6) is 0 Å². The number of hydrogen-bond donors (Lipinski definition) is 2. The average molecular weight is 582 g/mol. The van der Waals surface area contributed by atoms with Gasteiger partial charge in [-0.25, -0.2) is 8.78 Å². The van der Waals surface area contributed by atoms with Gasteiger partial charge in [0.1, 0.15) is 28.5 Å². The van der Waals surface area contributed by atoms with E-state index in [4.69, 9.17) is 9.15 Å².